The van der Waals surface area contributed by atoms with E-state index in [4.69, 9.17) is 5.26 Å². The van der Waals surface area contributed by atoms with E-state index < -0.39 is 5.60 Å². The molecule has 1 N–H and O–H groups in total. The van der Waals surface area contributed by atoms with E-state index in [0.29, 0.717) is 6.42 Å². The topological polar surface area (TPSA) is 44.0 Å². The summed E-state index contributed by atoms with van der Waals surface area (Å²) in [6, 6.07) is 1.92. The van der Waals surface area contributed by atoms with Crippen LogP contribution in [0.1, 0.15) is 13.3 Å². The summed E-state index contributed by atoms with van der Waals surface area (Å²) in [7, 11) is 0. The molecule has 0 bridgehead atoms. The summed E-state index contributed by atoms with van der Waals surface area (Å²) in [5.41, 5.74) is -1.04. The van der Waals surface area contributed by atoms with Gasteiger partial charge in [0.1, 0.15) is 0 Å². The molecule has 50 valence electrons. The molecule has 1 heterocycles. The minimum absolute atomic E-state index is 0.0856. The summed E-state index contributed by atoms with van der Waals surface area (Å²) in [6.45, 7) is 1.89. The van der Waals surface area contributed by atoms with Crippen molar-refractivity contribution in [3.8, 4) is 6.07 Å². The smallest absolute Gasteiger partial charge is 0.163 e. The number of nitrogens with zero attached hydrogens (tertiary/aromatic N) is 1. The van der Waals surface area contributed by atoms with Crippen molar-refractivity contribution in [2.75, 3.05) is 5.75 Å². The Morgan fingerprint density at radius 1 is 1.89 bits per heavy atom. The molecule has 2 atom stereocenters. The van der Waals surface area contributed by atoms with Crippen molar-refractivity contribution in [3.05, 3.63) is 0 Å². The number of hydrogen-bond acceptors (Lipinski definition) is 3. The fourth-order valence-electron chi connectivity index (χ4n) is 0.879. The lowest BCUT2D eigenvalue weighted by atomic mass is 10.0. The maximum atomic E-state index is 9.39. The average Bonchev–Trinajstić information content (AvgIpc) is 2.15. The molecule has 2 nitrogen and oxygen atoms in total. The van der Waals surface area contributed by atoms with Crippen LogP contribution in [0.4, 0.5) is 0 Å². The van der Waals surface area contributed by atoms with Gasteiger partial charge in [-0.1, -0.05) is 0 Å². The Kier molecular flexibility index (Phi) is 1.69. The lowest BCUT2D eigenvalue weighted by Gasteiger charge is -2.16. The van der Waals surface area contributed by atoms with Gasteiger partial charge < -0.3 is 5.11 Å². The second-order valence-corrected chi connectivity index (χ2v) is 3.75. The molecule has 1 aliphatic rings. The average molecular weight is 143 g/mol. The SMILES string of the molecule is CC1SCCC1(O)C#N. The molecule has 1 saturated heterocycles. The second-order valence-electron chi connectivity index (χ2n) is 2.30. The van der Waals surface area contributed by atoms with E-state index in [1.165, 1.54) is 0 Å². The first-order valence-electron chi connectivity index (χ1n) is 2.94. The number of hydrogen-bond donors (Lipinski definition) is 1. The van der Waals surface area contributed by atoms with Crippen LogP contribution in [0, 0.1) is 11.3 Å². The van der Waals surface area contributed by atoms with Crippen LogP contribution in [0.2, 0.25) is 0 Å². The van der Waals surface area contributed by atoms with Crippen LogP contribution >= 0.6 is 11.8 Å². The van der Waals surface area contributed by atoms with Crippen molar-refractivity contribution in [2.24, 2.45) is 0 Å². The van der Waals surface area contributed by atoms with Crippen LogP contribution in [0.5, 0.6) is 0 Å². The largest absolute Gasteiger partial charge is 0.374 e. The Balaban J connectivity index is 2.70. The Labute approximate surface area is 58.9 Å². The first kappa shape index (κ1) is 6.91. The maximum absolute atomic E-state index is 9.39. The number of aliphatic hydroxyl groups is 1. The summed E-state index contributed by atoms with van der Waals surface area (Å²) in [5, 5.41) is 18.0. The zero-order valence-corrected chi connectivity index (χ0v) is 6.11. The molecule has 0 aromatic rings. The Morgan fingerprint density at radius 3 is 2.78 bits per heavy atom. The van der Waals surface area contributed by atoms with Gasteiger partial charge >= 0.3 is 0 Å². The van der Waals surface area contributed by atoms with Crippen LogP contribution in [0.25, 0.3) is 0 Å². The van der Waals surface area contributed by atoms with Crippen molar-refractivity contribution in [2.45, 2.75) is 24.2 Å². The van der Waals surface area contributed by atoms with Crippen molar-refractivity contribution in [3.63, 3.8) is 0 Å². The first-order chi connectivity index (χ1) is 4.19. The van der Waals surface area contributed by atoms with E-state index in [-0.39, 0.29) is 5.25 Å². The minimum Gasteiger partial charge on any atom is -0.374 e. The molecule has 0 aliphatic carbocycles. The molecule has 0 aromatic carbocycles. The van der Waals surface area contributed by atoms with Crippen LogP contribution < -0.4 is 0 Å². The van der Waals surface area contributed by atoms with E-state index in [1.807, 2.05) is 13.0 Å². The molecule has 9 heavy (non-hydrogen) atoms. The highest BCUT2D eigenvalue weighted by Gasteiger charge is 2.38. The lowest BCUT2D eigenvalue weighted by Crippen LogP contribution is -2.31. The Bertz CT molecular complexity index is 154. The van der Waals surface area contributed by atoms with E-state index in [9.17, 15) is 5.11 Å². The summed E-state index contributed by atoms with van der Waals surface area (Å²) in [5.74, 6) is 0.908. The third kappa shape index (κ3) is 1.05. The van der Waals surface area contributed by atoms with Gasteiger partial charge in [0.15, 0.2) is 5.60 Å². The molecule has 0 radical (unpaired) electrons. The normalized spacial score (nSPS) is 42.6. The van der Waals surface area contributed by atoms with E-state index >= 15 is 0 Å². The quantitative estimate of drug-likeness (QED) is 0.509. The maximum Gasteiger partial charge on any atom is 0.163 e. The van der Waals surface area contributed by atoms with Crippen molar-refractivity contribution in [1.82, 2.24) is 0 Å². The highest BCUT2D eigenvalue weighted by molar-refractivity contribution is 8.00. The highest BCUT2D eigenvalue weighted by atomic mass is 32.2. The molecule has 1 fully saturated rings. The molecular weight excluding hydrogens is 134 g/mol. The van der Waals surface area contributed by atoms with Gasteiger partial charge in [-0.25, -0.2) is 0 Å². The van der Waals surface area contributed by atoms with Gasteiger partial charge in [0.25, 0.3) is 0 Å². The molecule has 3 heteroatoms. The molecule has 1 aliphatic heterocycles. The van der Waals surface area contributed by atoms with Gasteiger partial charge in [-0.15, -0.1) is 0 Å². The van der Waals surface area contributed by atoms with Gasteiger partial charge in [0.2, 0.25) is 0 Å². The summed E-state index contributed by atoms with van der Waals surface area (Å²) in [4.78, 5) is 0. The van der Waals surface area contributed by atoms with Crippen molar-refractivity contribution in [1.29, 1.82) is 5.26 Å². The summed E-state index contributed by atoms with van der Waals surface area (Å²) in [6.07, 6.45) is 0.620. The molecular formula is C6H9NOS. The first-order valence-corrected chi connectivity index (χ1v) is 3.99. The molecule has 0 spiro atoms. The van der Waals surface area contributed by atoms with Gasteiger partial charge in [-0.3, -0.25) is 0 Å². The zero-order valence-electron chi connectivity index (χ0n) is 5.29. The molecule has 0 amide bonds. The van der Waals surface area contributed by atoms with Gasteiger partial charge in [0.05, 0.1) is 6.07 Å². The van der Waals surface area contributed by atoms with E-state index in [2.05, 4.69) is 0 Å². The van der Waals surface area contributed by atoms with Gasteiger partial charge in [-0.2, -0.15) is 17.0 Å². The Hall–Kier alpha value is -0.200. The molecule has 2 unspecified atom stereocenters. The third-order valence-electron chi connectivity index (χ3n) is 1.72. The van der Waals surface area contributed by atoms with E-state index in [1.54, 1.807) is 11.8 Å². The highest BCUT2D eigenvalue weighted by Crippen LogP contribution is 2.34. The van der Waals surface area contributed by atoms with Gasteiger partial charge in [-0.05, 0) is 19.1 Å². The number of nitriles is 1. The molecule has 0 saturated carbocycles. The fraction of sp³-hybridized carbons (Fsp3) is 0.833. The Morgan fingerprint density at radius 2 is 2.56 bits per heavy atom. The van der Waals surface area contributed by atoms with E-state index in [0.717, 1.165) is 5.75 Å². The molecule has 1 rings (SSSR count). The number of rotatable bonds is 0. The summed E-state index contributed by atoms with van der Waals surface area (Å²) >= 11 is 1.66. The zero-order chi connectivity index (χ0) is 6.91. The molecule has 0 aromatic heterocycles. The minimum atomic E-state index is -1.04. The van der Waals surface area contributed by atoms with Crippen LogP contribution in [-0.4, -0.2) is 21.7 Å². The fourth-order valence-corrected chi connectivity index (χ4v) is 2.11. The van der Waals surface area contributed by atoms with Crippen molar-refractivity contribution < 1.29 is 5.11 Å². The van der Waals surface area contributed by atoms with Gasteiger partial charge in [0, 0.05) is 5.25 Å². The van der Waals surface area contributed by atoms with Crippen molar-refractivity contribution >= 4 is 11.8 Å². The van der Waals surface area contributed by atoms with Crippen LogP contribution in [0.3, 0.4) is 0 Å². The predicted octanol–water partition coefficient (Wildman–Crippen LogP) is 0.766. The number of thioether (sulfide) groups is 1. The standard InChI is InChI=1S/C6H9NOS/c1-5-6(8,4-7)2-3-9-5/h5,8H,2-3H2,1H3. The summed E-state index contributed by atoms with van der Waals surface area (Å²) < 4.78 is 0. The predicted molar refractivity (Wildman–Crippen MR) is 37.1 cm³/mol. The van der Waals surface area contributed by atoms with Crippen LogP contribution in [-0.2, 0) is 0 Å². The van der Waals surface area contributed by atoms with Crippen LogP contribution in [0.15, 0.2) is 0 Å². The monoisotopic (exact) mass is 143 g/mol. The lowest BCUT2D eigenvalue weighted by molar-refractivity contribution is 0.105. The third-order valence-corrected chi connectivity index (χ3v) is 3.05. The second kappa shape index (κ2) is 2.20.